The van der Waals surface area contributed by atoms with Crippen LogP contribution in [0.15, 0.2) is 30.5 Å². The molecule has 2 amide bonds. The van der Waals surface area contributed by atoms with Crippen molar-refractivity contribution in [1.29, 1.82) is 0 Å². The molecule has 1 aromatic heterocycles. The highest BCUT2D eigenvalue weighted by Gasteiger charge is 2.36. The van der Waals surface area contributed by atoms with E-state index in [1.54, 1.807) is 0 Å². The summed E-state index contributed by atoms with van der Waals surface area (Å²) in [4.78, 5) is 12.2. The summed E-state index contributed by atoms with van der Waals surface area (Å²) in [6.07, 6.45) is 3.76. The van der Waals surface area contributed by atoms with E-state index in [1.165, 1.54) is 11.3 Å². The normalized spacial score (nSPS) is 18.7. The third-order valence-corrected chi connectivity index (χ3v) is 4.68. The molecule has 5 heteroatoms. The Morgan fingerprint density at radius 1 is 1.28 bits per heavy atom. The van der Waals surface area contributed by atoms with E-state index >= 15 is 0 Å². The third-order valence-electron chi connectivity index (χ3n) is 4.68. The molecular weight excluding hydrogens is 312 g/mol. The molecule has 0 unspecified atom stereocenters. The summed E-state index contributed by atoms with van der Waals surface area (Å²) < 4.78 is 2.02. The van der Waals surface area contributed by atoms with Gasteiger partial charge < -0.3 is 10.6 Å². The first kappa shape index (κ1) is 17.5. The number of hydrogen-bond donors (Lipinski definition) is 2. The number of aromatic nitrogens is 2. The van der Waals surface area contributed by atoms with Gasteiger partial charge in [-0.05, 0) is 51.2 Å². The van der Waals surface area contributed by atoms with E-state index in [-0.39, 0.29) is 23.5 Å². The third kappa shape index (κ3) is 3.86. The molecule has 1 aromatic carbocycles. The lowest BCUT2D eigenvalue weighted by atomic mass is 9.74. The maximum absolute atomic E-state index is 12.2. The van der Waals surface area contributed by atoms with E-state index in [0.717, 1.165) is 24.1 Å². The molecule has 1 atom stereocenters. The predicted octanol–water partition coefficient (Wildman–Crippen LogP) is 3.90. The van der Waals surface area contributed by atoms with Gasteiger partial charge in [-0.25, -0.2) is 9.48 Å². The molecule has 0 fully saturated rings. The van der Waals surface area contributed by atoms with Crippen molar-refractivity contribution in [1.82, 2.24) is 20.4 Å². The van der Waals surface area contributed by atoms with Crippen LogP contribution in [-0.2, 0) is 6.42 Å². The number of rotatable bonds is 3. The van der Waals surface area contributed by atoms with Gasteiger partial charge in [0.2, 0.25) is 0 Å². The number of urea groups is 1. The molecule has 0 radical (unpaired) electrons. The van der Waals surface area contributed by atoms with Crippen molar-refractivity contribution >= 4 is 6.03 Å². The van der Waals surface area contributed by atoms with E-state index in [4.69, 9.17) is 0 Å². The first-order valence-electron chi connectivity index (χ1n) is 8.96. The maximum Gasteiger partial charge on any atom is 0.315 e. The fourth-order valence-electron chi connectivity index (χ4n) is 3.54. The lowest BCUT2D eigenvalue weighted by molar-refractivity contribution is 0.219. The molecule has 2 aromatic rings. The number of benzene rings is 1. The molecule has 0 saturated carbocycles. The van der Waals surface area contributed by atoms with Crippen molar-refractivity contribution in [3.8, 4) is 5.69 Å². The van der Waals surface area contributed by atoms with E-state index < -0.39 is 0 Å². The highest BCUT2D eigenvalue weighted by atomic mass is 16.2. The number of amides is 2. The number of hydrogen-bond acceptors (Lipinski definition) is 2. The zero-order valence-electron chi connectivity index (χ0n) is 15.8. The van der Waals surface area contributed by atoms with Crippen LogP contribution in [0.25, 0.3) is 5.69 Å². The number of carbonyl (C=O) groups is 1. The van der Waals surface area contributed by atoms with Gasteiger partial charge in [-0.2, -0.15) is 5.10 Å². The fraction of sp³-hybridized carbons (Fsp3) is 0.500. The SMILES string of the molecule is Cc1ccc(-n2ncc3c2CC(C)(C)C[C@@H]3NC(=O)NC(C)C)cc1. The van der Waals surface area contributed by atoms with Crippen molar-refractivity contribution in [3.05, 3.63) is 47.3 Å². The summed E-state index contributed by atoms with van der Waals surface area (Å²) in [6.45, 7) is 10.5. The zero-order chi connectivity index (χ0) is 18.2. The molecule has 1 aliphatic rings. The van der Waals surface area contributed by atoms with Crippen LogP contribution in [0.5, 0.6) is 0 Å². The predicted molar refractivity (Wildman–Crippen MR) is 99.9 cm³/mol. The van der Waals surface area contributed by atoms with Crippen molar-refractivity contribution in [2.75, 3.05) is 0 Å². The Kier molecular flexibility index (Phi) is 4.58. The molecule has 1 aliphatic carbocycles. The summed E-state index contributed by atoms with van der Waals surface area (Å²) in [6, 6.07) is 8.37. The number of carbonyl (C=O) groups excluding carboxylic acids is 1. The Hall–Kier alpha value is -2.30. The van der Waals surface area contributed by atoms with E-state index in [9.17, 15) is 4.79 Å². The number of nitrogens with zero attached hydrogens (tertiary/aromatic N) is 2. The molecule has 5 nitrogen and oxygen atoms in total. The van der Waals surface area contributed by atoms with Crippen molar-refractivity contribution < 1.29 is 4.79 Å². The van der Waals surface area contributed by atoms with Crippen LogP contribution < -0.4 is 10.6 Å². The summed E-state index contributed by atoms with van der Waals surface area (Å²) in [7, 11) is 0. The maximum atomic E-state index is 12.2. The van der Waals surface area contributed by atoms with Crippen LogP contribution in [-0.4, -0.2) is 21.9 Å². The van der Waals surface area contributed by atoms with Crippen molar-refractivity contribution in [2.24, 2.45) is 5.41 Å². The molecule has 25 heavy (non-hydrogen) atoms. The highest BCUT2D eigenvalue weighted by Crippen LogP contribution is 2.41. The second-order valence-electron chi connectivity index (χ2n) is 8.16. The van der Waals surface area contributed by atoms with Gasteiger partial charge in [0.15, 0.2) is 0 Å². The van der Waals surface area contributed by atoms with Crippen molar-refractivity contribution in [3.63, 3.8) is 0 Å². The first-order chi connectivity index (χ1) is 11.7. The Bertz CT molecular complexity index is 759. The summed E-state index contributed by atoms with van der Waals surface area (Å²) in [5, 5.41) is 10.7. The summed E-state index contributed by atoms with van der Waals surface area (Å²) in [5.74, 6) is 0. The minimum atomic E-state index is -0.119. The Morgan fingerprint density at radius 2 is 1.96 bits per heavy atom. The lowest BCUT2D eigenvalue weighted by Gasteiger charge is -2.36. The van der Waals surface area contributed by atoms with Gasteiger partial charge in [0.25, 0.3) is 0 Å². The minimum absolute atomic E-state index is 0.0169. The van der Waals surface area contributed by atoms with E-state index in [1.807, 2.05) is 24.7 Å². The largest absolute Gasteiger partial charge is 0.336 e. The van der Waals surface area contributed by atoms with Gasteiger partial charge >= 0.3 is 6.03 Å². The molecule has 0 spiro atoms. The zero-order valence-corrected chi connectivity index (χ0v) is 15.8. The van der Waals surface area contributed by atoms with Gasteiger partial charge in [-0.15, -0.1) is 0 Å². The summed E-state index contributed by atoms with van der Waals surface area (Å²) in [5.41, 5.74) is 4.71. The molecule has 0 bridgehead atoms. The van der Waals surface area contributed by atoms with Gasteiger partial charge in [-0.3, -0.25) is 0 Å². The minimum Gasteiger partial charge on any atom is -0.336 e. The fourth-order valence-corrected chi connectivity index (χ4v) is 3.54. The highest BCUT2D eigenvalue weighted by molar-refractivity contribution is 5.74. The van der Waals surface area contributed by atoms with Crippen LogP contribution in [0.1, 0.15) is 57.0 Å². The van der Waals surface area contributed by atoms with E-state index in [2.05, 4.69) is 60.8 Å². The number of fused-ring (bicyclic) bond motifs is 1. The molecule has 134 valence electrons. The van der Waals surface area contributed by atoms with E-state index in [0.29, 0.717) is 0 Å². The smallest absolute Gasteiger partial charge is 0.315 e. The van der Waals surface area contributed by atoms with Gasteiger partial charge in [-0.1, -0.05) is 31.5 Å². The molecular formula is C20H28N4O. The molecule has 2 N–H and O–H groups in total. The monoisotopic (exact) mass is 340 g/mol. The Morgan fingerprint density at radius 3 is 2.60 bits per heavy atom. The van der Waals surface area contributed by atoms with Gasteiger partial charge in [0.05, 0.1) is 23.6 Å². The second kappa shape index (κ2) is 6.54. The van der Waals surface area contributed by atoms with Gasteiger partial charge in [0, 0.05) is 11.6 Å². The number of nitrogens with one attached hydrogen (secondary N) is 2. The second-order valence-corrected chi connectivity index (χ2v) is 8.16. The average molecular weight is 340 g/mol. The van der Waals surface area contributed by atoms with Gasteiger partial charge in [0.1, 0.15) is 0 Å². The Labute approximate surface area is 149 Å². The standard InChI is InChI=1S/C20H28N4O/c1-13(2)22-19(25)23-17-10-20(4,5)11-18-16(17)12-21-24(18)15-8-6-14(3)7-9-15/h6-9,12-13,17H,10-11H2,1-5H3,(H2,22,23,25)/t17-/m0/s1. The molecule has 1 heterocycles. The average Bonchev–Trinajstić information content (AvgIpc) is 2.89. The van der Waals surface area contributed by atoms with Crippen LogP contribution >= 0.6 is 0 Å². The van der Waals surface area contributed by atoms with Crippen LogP contribution in [0.2, 0.25) is 0 Å². The molecule has 3 rings (SSSR count). The van der Waals surface area contributed by atoms with Crippen LogP contribution in [0.3, 0.4) is 0 Å². The summed E-state index contributed by atoms with van der Waals surface area (Å²) >= 11 is 0. The van der Waals surface area contributed by atoms with Crippen molar-refractivity contribution in [2.45, 2.75) is 59.5 Å². The molecule has 0 saturated heterocycles. The number of aryl methyl sites for hydroxylation is 1. The molecule has 0 aliphatic heterocycles. The topological polar surface area (TPSA) is 59.0 Å². The Balaban J connectivity index is 1.93. The first-order valence-corrected chi connectivity index (χ1v) is 8.96. The lowest BCUT2D eigenvalue weighted by Crippen LogP contribution is -2.44. The van der Waals surface area contributed by atoms with Crippen LogP contribution in [0, 0.1) is 12.3 Å². The van der Waals surface area contributed by atoms with Crippen LogP contribution in [0.4, 0.5) is 4.79 Å². The quantitative estimate of drug-likeness (QED) is 0.890.